The number of halogens is 2. The third-order valence-corrected chi connectivity index (χ3v) is 13.1. The summed E-state index contributed by atoms with van der Waals surface area (Å²) in [7, 11) is 3.66. The SMILES string of the molecule is CCC(=O)N(C)CC(CCN1CCC2(CC1)SCc1ccccc12)(c1ccc(Cl)c(Cl)c1)N(C)C(=O)NC(c1ccccc1)c1ccccc1. The van der Waals surface area contributed by atoms with Crippen molar-refractivity contribution >= 4 is 46.9 Å². The van der Waals surface area contributed by atoms with E-state index in [0.717, 1.165) is 54.9 Å². The van der Waals surface area contributed by atoms with Crippen molar-refractivity contribution in [2.24, 2.45) is 0 Å². The number of thioether (sulfide) groups is 1. The summed E-state index contributed by atoms with van der Waals surface area (Å²) < 4.78 is 0.169. The van der Waals surface area contributed by atoms with Crippen molar-refractivity contribution in [3.8, 4) is 0 Å². The highest BCUT2D eigenvalue weighted by atomic mass is 35.5. The smallest absolute Gasteiger partial charge is 0.318 e. The Balaban J connectivity index is 1.32. The molecule has 2 heterocycles. The molecule has 2 aliphatic rings. The van der Waals surface area contributed by atoms with Crippen LogP contribution < -0.4 is 5.32 Å². The molecule has 6 rings (SSSR count). The molecule has 9 heteroatoms. The normalized spacial score (nSPS) is 16.5. The minimum absolute atomic E-state index is 0.00605. The Hall–Kier alpha value is -3.49. The number of hydrogen-bond donors (Lipinski definition) is 1. The molecule has 0 aromatic heterocycles. The molecule has 4 aromatic carbocycles. The van der Waals surface area contributed by atoms with E-state index < -0.39 is 5.54 Å². The number of urea groups is 1. The summed E-state index contributed by atoms with van der Waals surface area (Å²) in [6, 6.07) is 33.9. The minimum Gasteiger partial charge on any atom is -0.343 e. The number of nitrogens with zero attached hydrogens (tertiary/aromatic N) is 3. The van der Waals surface area contributed by atoms with Gasteiger partial charge in [-0.3, -0.25) is 4.79 Å². The van der Waals surface area contributed by atoms with E-state index in [4.69, 9.17) is 23.2 Å². The Morgan fingerprint density at radius 2 is 1.50 bits per heavy atom. The van der Waals surface area contributed by atoms with Gasteiger partial charge in [-0.1, -0.05) is 121 Å². The fraction of sp³-hybridized carbons (Fsp3) is 0.366. The van der Waals surface area contributed by atoms with E-state index in [9.17, 15) is 9.59 Å². The number of fused-ring (bicyclic) bond motifs is 2. The Bertz CT molecular complexity index is 1740. The topological polar surface area (TPSA) is 55.9 Å². The van der Waals surface area contributed by atoms with E-state index in [0.29, 0.717) is 29.4 Å². The second-order valence-corrected chi connectivity index (χ2v) is 15.7. The van der Waals surface area contributed by atoms with Crippen molar-refractivity contribution < 1.29 is 9.59 Å². The van der Waals surface area contributed by atoms with E-state index in [2.05, 4.69) is 46.2 Å². The fourth-order valence-corrected chi connectivity index (χ4v) is 9.47. The van der Waals surface area contributed by atoms with E-state index in [1.807, 2.05) is 93.8 Å². The van der Waals surface area contributed by atoms with Crippen LogP contribution in [-0.2, 0) is 20.8 Å². The number of benzene rings is 4. The van der Waals surface area contributed by atoms with Crippen LogP contribution in [0.2, 0.25) is 10.0 Å². The minimum atomic E-state index is -0.917. The van der Waals surface area contributed by atoms with E-state index in [-0.39, 0.29) is 22.7 Å². The Labute approximate surface area is 311 Å². The van der Waals surface area contributed by atoms with E-state index in [1.54, 1.807) is 15.9 Å². The van der Waals surface area contributed by atoms with Crippen LogP contribution in [0.5, 0.6) is 0 Å². The summed E-state index contributed by atoms with van der Waals surface area (Å²) in [5, 5.41) is 4.21. The molecule has 2 aliphatic heterocycles. The molecule has 1 atom stereocenters. The zero-order valence-electron chi connectivity index (χ0n) is 29.1. The van der Waals surface area contributed by atoms with Gasteiger partial charge in [0, 0.05) is 44.1 Å². The van der Waals surface area contributed by atoms with Gasteiger partial charge in [0.1, 0.15) is 0 Å². The van der Waals surface area contributed by atoms with Gasteiger partial charge in [-0.15, -0.1) is 11.8 Å². The van der Waals surface area contributed by atoms with Crippen molar-refractivity contribution in [3.05, 3.63) is 141 Å². The van der Waals surface area contributed by atoms with Crippen LogP contribution in [0.15, 0.2) is 103 Å². The second-order valence-electron chi connectivity index (χ2n) is 13.6. The Kier molecular flexibility index (Phi) is 11.5. The summed E-state index contributed by atoms with van der Waals surface area (Å²) >= 11 is 15.2. The summed E-state index contributed by atoms with van der Waals surface area (Å²) in [6.07, 6.45) is 3.11. The lowest BCUT2D eigenvalue weighted by atomic mass is 9.83. The van der Waals surface area contributed by atoms with Crippen LogP contribution in [-0.4, -0.2) is 66.9 Å². The fourth-order valence-electron chi connectivity index (χ4n) is 7.66. The highest BCUT2D eigenvalue weighted by molar-refractivity contribution is 7.99. The molecule has 0 bridgehead atoms. The number of likely N-dealkylation sites (N-methyl/N-ethyl adjacent to an activating group) is 2. The van der Waals surface area contributed by atoms with Crippen molar-refractivity contribution in [3.63, 3.8) is 0 Å². The van der Waals surface area contributed by atoms with Gasteiger partial charge in [-0.2, -0.15) is 0 Å². The lowest BCUT2D eigenvalue weighted by molar-refractivity contribution is -0.131. The number of piperidine rings is 1. The maximum Gasteiger partial charge on any atom is 0.318 e. The average Bonchev–Trinajstić information content (AvgIpc) is 3.51. The first-order chi connectivity index (χ1) is 24.2. The second kappa shape index (κ2) is 15.8. The lowest BCUT2D eigenvalue weighted by Gasteiger charge is -2.47. The largest absolute Gasteiger partial charge is 0.343 e. The lowest BCUT2D eigenvalue weighted by Crippen LogP contribution is -2.58. The van der Waals surface area contributed by atoms with Crippen molar-refractivity contribution in [2.75, 3.05) is 40.3 Å². The van der Waals surface area contributed by atoms with E-state index >= 15 is 0 Å². The number of carbonyl (C=O) groups excluding carboxylic acids is 2. The molecular weight excluding hydrogens is 683 g/mol. The summed E-state index contributed by atoms with van der Waals surface area (Å²) in [5.41, 5.74) is 4.84. The van der Waals surface area contributed by atoms with Crippen LogP contribution >= 0.6 is 35.0 Å². The monoisotopic (exact) mass is 728 g/mol. The van der Waals surface area contributed by atoms with Gasteiger partial charge in [0.2, 0.25) is 5.91 Å². The molecule has 0 aliphatic carbocycles. The highest BCUT2D eigenvalue weighted by Gasteiger charge is 2.45. The van der Waals surface area contributed by atoms with Crippen LogP contribution in [0.1, 0.15) is 66.5 Å². The van der Waals surface area contributed by atoms with Gasteiger partial charge in [0.25, 0.3) is 0 Å². The molecule has 3 amide bonds. The standard InChI is InChI=1S/C41H46Cl2N4O2S/c1-4-37(48)45(2)29-40(33-19-20-35(42)36(43)27-33,21-24-47-25-22-41(23-26-47)34-18-12-11-17-32(34)28-50-41)46(3)39(49)44-38(30-13-7-5-8-14-30)31-15-9-6-10-16-31/h5-20,27,38H,4,21-26,28-29H2,1-3H3,(H,44,49). The van der Waals surface area contributed by atoms with Crippen LogP contribution in [0.25, 0.3) is 0 Å². The maximum atomic E-state index is 14.7. The molecule has 50 heavy (non-hydrogen) atoms. The van der Waals surface area contributed by atoms with Crippen molar-refractivity contribution in [1.82, 2.24) is 20.0 Å². The molecule has 4 aromatic rings. The summed E-state index contributed by atoms with van der Waals surface area (Å²) in [6.45, 7) is 4.83. The van der Waals surface area contributed by atoms with Gasteiger partial charge in [-0.05, 0) is 72.3 Å². The molecular formula is C41H46Cl2N4O2S. The van der Waals surface area contributed by atoms with Crippen LogP contribution in [0, 0.1) is 0 Å². The zero-order valence-corrected chi connectivity index (χ0v) is 31.4. The molecule has 0 radical (unpaired) electrons. The predicted molar refractivity (Wildman–Crippen MR) is 207 cm³/mol. The van der Waals surface area contributed by atoms with E-state index in [1.165, 1.54) is 11.1 Å². The number of carbonyl (C=O) groups is 2. The number of nitrogens with one attached hydrogen (secondary N) is 1. The van der Waals surface area contributed by atoms with Gasteiger partial charge in [0.15, 0.2) is 0 Å². The van der Waals surface area contributed by atoms with Crippen molar-refractivity contribution in [1.29, 1.82) is 0 Å². The molecule has 1 spiro atoms. The molecule has 1 unspecified atom stereocenters. The van der Waals surface area contributed by atoms with Gasteiger partial charge in [-0.25, -0.2) is 4.79 Å². The first-order valence-corrected chi connectivity index (χ1v) is 19.2. The number of rotatable bonds is 11. The zero-order chi connectivity index (χ0) is 35.3. The molecule has 1 fully saturated rings. The first-order valence-electron chi connectivity index (χ1n) is 17.4. The molecule has 262 valence electrons. The Morgan fingerprint density at radius 1 is 0.880 bits per heavy atom. The molecule has 0 saturated carbocycles. The van der Waals surface area contributed by atoms with Crippen molar-refractivity contribution in [2.45, 2.75) is 54.7 Å². The predicted octanol–water partition coefficient (Wildman–Crippen LogP) is 9.12. The van der Waals surface area contributed by atoms with Crippen LogP contribution in [0.3, 0.4) is 0 Å². The average molecular weight is 730 g/mol. The third kappa shape index (κ3) is 7.57. The number of likely N-dealkylation sites (tertiary alicyclic amines) is 1. The number of hydrogen-bond acceptors (Lipinski definition) is 4. The van der Waals surface area contributed by atoms with Gasteiger partial charge in [0.05, 0.1) is 21.6 Å². The molecule has 6 nitrogen and oxygen atoms in total. The quantitative estimate of drug-likeness (QED) is 0.167. The highest BCUT2D eigenvalue weighted by Crippen LogP contribution is 2.53. The first kappa shape index (κ1) is 36.3. The number of amides is 3. The third-order valence-electron chi connectivity index (χ3n) is 10.7. The summed E-state index contributed by atoms with van der Waals surface area (Å²) in [4.78, 5) is 33.9. The molecule has 1 N–H and O–H groups in total. The summed E-state index contributed by atoms with van der Waals surface area (Å²) in [5.74, 6) is 1.08. The van der Waals surface area contributed by atoms with Gasteiger partial charge < -0.3 is 20.0 Å². The Morgan fingerprint density at radius 3 is 2.12 bits per heavy atom. The van der Waals surface area contributed by atoms with Crippen LogP contribution in [0.4, 0.5) is 4.79 Å². The van der Waals surface area contributed by atoms with Gasteiger partial charge >= 0.3 is 6.03 Å². The molecule has 1 saturated heterocycles. The maximum absolute atomic E-state index is 14.7.